The molecule has 1 heteroatoms. The van der Waals surface area contributed by atoms with Crippen molar-refractivity contribution >= 4 is 5.52 Å². The van der Waals surface area contributed by atoms with E-state index in [1.807, 2.05) is 19.9 Å². The van der Waals surface area contributed by atoms with E-state index >= 15 is 0 Å². The van der Waals surface area contributed by atoms with Crippen molar-refractivity contribution in [3.63, 3.8) is 0 Å². The van der Waals surface area contributed by atoms with Crippen molar-refractivity contribution < 1.29 is 0 Å². The number of hydrogen-bond donors (Lipinski definition) is 0. The quantitative estimate of drug-likeness (QED) is 0.555. The number of rotatable bonds is 0. The SMILES string of the molecule is CC#CC.Cc1cc2ccccn2c1. The Bertz CT molecular complexity index is 416. The number of aromatic nitrogens is 1. The van der Waals surface area contributed by atoms with E-state index in [2.05, 4.69) is 53.8 Å². The van der Waals surface area contributed by atoms with Crippen LogP contribution in [-0.2, 0) is 0 Å². The molecule has 2 aromatic heterocycles. The lowest BCUT2D eigenvalue weighted by Gasteiger charge is -1.88. The summed E-state index contributed by atoms with van der Waals surface area (Å²) < 4.78 is 2.12. The van der Waals surface area contributed by atoms with E-state index in [0.717, 1.165) is 0 Å². The summed E-state index contributed by atoms with van der Waals surface area (Å²) in [5.41, 5.74) is 2.58. The van der Waals surface area contributed by atoms with Gasteiger partial charge in [0.05, 0.1) is 0 Å². The molecule has 0 unspecified atom stereocenters. The van der Waals surface area contributed by atoms with Gasteiger partial charge in [-0.25, -0.2) is 0 Å². The van der Waals surface area contributed by atoms with Crippen molar-refractivity contribution in [3.8, 4) is 11.8 Å². The van der Waals surface area contributed by atoms with Crippen molar-refractivity contribution in [1.82, 2.24) is 4.40 Å². The maximum atomic E-state index is 2.68. The largest absolute Gasteiger partial charge is 0.324 e. The van der Waals surface area contributed by atoms with E-state index in [1.165, 1.54) is 11.1 Å². The molecule has 0 aromatic carbocycles. The first-order valence-electron chi connectivity index (χ1n) is 4.64. The minimum absolute atomic E-state index is 1.26. The van der Waals surface area contributed by atoms with Gasteiger partial charge in [0.1, 0.15) is 0 Å². The Morgan fingerprint density at radius 3 is 2.43 bits per heavy atom. The molecule has 0 bridgehead atoms. The summed E-state index contributed by atoms with van der Waals surface area (Å²) >= 11 is 0. The zero-order chi connectivity index (χ0) is 10.4. The second-order valence-corrected chi connectivity index (χ2v) is 3.05. The predicted molar refractivity (Wildman–Crippen MR) is 61.3 cm³/mol. The molecule has 0 aliphatic heterocycles. The monoisotopic (exact) mass is 185 g/mol. The van der Waals surface area contributed by atoms with E-state index in [0.29, 0.717) is 0 Å². The average Bonchev–Trinajstić information content (AvgIpc) is 2.58. The van der Waals surface area contributed by atoms with Gasteiger partial charge in [-0.1, -0.05) is 6.07 Å². The first-order valence-corrected chi connectivity index (χ1v) is 4.64. The summed E-state index contributed by atoms with van der Waals surface area (Å²) in [5.74, 6) is 5.36. The van der Waals surface area contributed by atoms with Crippen LogP contribution in [0.3, 0.4) is 0 Å². The highest BCUT2D eigenvalue weighted by Gasteiger charge is 1.90. The Hall–Kier alpha value is -1.68. The fraction of sp³-hybridized carbons (Fsp3) is 0.231. The van der Waals surface area contributed by atoms with Crippen LogP contribution in [0, 0.1) is 18.8 Å². The van der Waals surface area contributed by atoms with Crippen molar-refractivity contribution in [2.75, 3.05) is 0 Å². The summed E-state index contributed by atoms with van der Waals surface area (Å²) in [6, 6.07) is 8.36. The normalized spacial score (nSPS) is 8.50. The molecule has 0 fully saturated rings. The summed E-state index contributed by atoms with van der Waals surface area (Å²) in [6.07, 6.45) is 4.18. The zero-order valence-electron chi connectivity index (χ0n) is 8.91. The Balaban J connectivity index is 0.000000213. The first kappa shape index (κ1) is 10.4. The average molecular weight is 185 g/mol. The molecule has 14 heavy (non-hydrogen) atoms. The number of aryl methyl sites for hydroxylation is 1. The van der Waals surface area contributed by atoms with Gasteiger partial charge < -0.3 is 4.40 Å². The van der Waals surface area contributed by atoms with Crippen LogP contribution in [0.15, 0.2) is 36.7 Å². The molecule has 0 radical (unpaired) electrons. The lowest BCUT2D eigenvalue weighted by Crippen LogP contribution is -1.75. The van der Waals surface area contributed by atoms with Gasteiger partial charge in [-0.05, 0) is 44.5 Å². The van der Waals surface area contributed by atoms with Crippen LogP contribution in [0.1, 0.15) is 19.4 Å². The topological polar surface area (TPSA) is 4.41 Å². The van der Waals surface area contributed by atoms with E-state index in [4.69, 9.17) is 0 Å². The highest BCUT2D eigenvalue weighted by molar-refractivity contribution is 5.49. The zero-order valence-corrected chi connectivity index (χ0v) is 8.91. The fourth-order valence-corrected chi connectivity index (χ4v) is 1.20. The van der Waals surface area contributed by atoms with E-state index in [-0.39, 0.29) is 0 Å². The smallest absolute Gasteiger partial charge is 0.0452 e. The maximum Gasteiger partial charge on any atom is 0.0452 e. The summed E-state index contributed by atoms with van der Waals surface area (Å²) in [4.78, 5) is 0. The number of fused-ring (bicyclic) bond motifs is 1. The Morgan fingerprint density at radius 1 is 1.14 bits per heavy atom. The Kier molecular flexibility index (Phi) is 3.82. The van der Waals surface area contributed by atoms with Crippen molar-refractivity contribution in [2.45, 2.75) is 20.8 Å². The molecule has 2 heterocycles. The van der Waals surface area contributed by atoms with Crippen LogP contribution in [0.2, 0.25) is 0 Å². The van der Waals surface area contributed by atoms with Crippen LogP contribution in [0.5, 0.6) is 0 Å². The highest BCUT2D eigenvalue weighted by atomic mass is 14.8. The summed E-state index contributed by atoms with van der Waals surface area (Å²) in [6.45, 7) is 5.74. The van der Waals surface area contributed by atoms with Gasteiger partial charge in [0.2, 0.25) is 0 Å². The third kappa shape index (κ3) is 2.67. The van der Waals surface area contributed by atoms with Gasteiger partial charge in [0.25, 0.3) is 0 Å². The molecular weight excluding hydrogens is 170 g/mol. The number of pyridine rings is 1. The molecule has 0 N–H and O–H groups in total. The van der Waals surface area contributed by atoms with Crippen LogP contribution < -0.4 is 0 Å². The van der Waals surface area contributed by atoms with E-state index in [1.54, 1.807) is 0 Å². The minimum atomic E-state index is 1.26. The standard InChI is InChI=1S/C9H9N.C4H6/c1-8-6-9-4-2-3-5-10(9)7-8;1-3-4-2/h2-7H,1H3;1-2H3. The molecule has 2 aromatic rings. The highest BCUT2D eigenvalue weighted by Crippen LogP contribution is 2.07. The molecule has 0 aliphatic carbocycles. The number of nitrogens with zero attached hydrogens (tertiary/aromatic N) is 1. The second kappa shape index (κ2) is 5.14. The van der Waals surface area contributed by atoms with Crippen LogP contribution in [0.25, 0.3) is 5.52 Å². The molecule has 0 atom stereocenters. The fourth-order valence-electron chi connectivity index (χ4n) is 1.20. The maximum absolute atomic E-state index is 2.68. The van der Waals surface area contributed by atoms with Crippen LogP contribution in [0.4, 0.5) is 0 Å². The minimum Gasteiger partial charge on any atom is -0.324 e. The van der Waals surface area contributed by atoms with Gasteiger partial charge in [-0.3, -0.25) is 0 Å². The molecular formula is C13H15N. The summed E-state index contributed by atoms with van der Waals surface area (Å²) in [5, 5.41) is 0. The van der Waals surface area contributed by atoms with Gasteiger partial charge in [-0.15, -0.1) is 11.8 Å². The molecule has 0 amide bonds. The van der Waals surface area contributed by atoms with E-state index < -0.39 is 0 Å². The van der Waals surface area contributed by atoms with Gasteiger partial charge in [0, 0.05) is 17.9 Å². The van der Waals surface area contributed by atoms with Crippen LogP contribution in [-0.4, -0.2) is 4.40 Å². The molecule has 0 spiro atoms. The molecule has 72 valence electrons. The molecule has 0 saturated heterocycles. The van der Waals surface area contributed by atoms with Gasteiger partial charge in [0.15, 0.2) is 0 Å². The third-order valence-corrected chi connectivity index (χ3v) is 1.89. The predicted octanol–water partition coefficient (Wildman–Crippen LogP) is 3.28. The van der Waals surface area contributed by atoms with Gasteiger partial charge >= 0.3 is 0 Å². The van der Waals surface area contributed by atoms with Crippen molar-refractivity contribution in [3.05, 3.63) is 42.2 Å². The molecule has 2 rings (SSSR count). The Labute approximate surface area is 85.4 Å². The Morgan fingerprint density at radius 2 is 1.86 bits per heavy atom. The van der Waals surface area contributed by atoms with Crippen LogP contribution >= 0.6 is 0 Å². The van der Waals surface area contributed by atoms with Crippen molar-refractivity contribution in [1.29, 1.82) is 0 Å². The first-order chi connectivity index (χ1) is 6.77. The molecule has 1 nitrogen and oxygen atoms in total. The molecule has 0 aliphatic rings. The third-order valence-electron chi connectivity index (χ3n) is 1.89. The van der Waals surface area contributed by atoms with Gasteiger partial charge in [-0.2, -0.15) is 0 Å². The molecule has 0 saturated carbocycles. The second-order valence-electron chi connectivity index (χ2n) is 3.05. The number of hydrogen-bond acceptors (Lipinski definition) is 0. The lowest BCUT2D eigenvalue weighted by atomic mass is 10.3. The van der Waals surface area contributed by atoms with E-state index in [9.17, 15) is 0 Å². The summed E-state index contributed by atoms with van der Waals surface area (Å²) in [7, 11) is 0. The lowest BCUT2D eigenvalue weighted by molar-refractivity contribution is 1.19. The van der Waals surface area contributed by atoms with Crippen molar-refractivity contribution in [2.24, 2.45) is 0 Å².